The van der Waals surface area contributed by atoms with Crippen LogP contribution in [0.5, 0.6) is 5.75 Å². The molecule has 22 heavy (non-hydrogen) atoms. The highest BCUT2D eigenvalue weighted by atomic mass is 16.5. The molecule has 0 spiro atoms. The minimum Gasteiger partial charge on any atom is -0.427 e. The summed E-state index contributed by atoms with van der Waals surface area (Å²) in [5, 5.41) is 15.0. The first-order valence-electron chi connectivity index (χ1n) is 6.72. The molecule has 2 heterocycles. The first-order valence-corrected chi connectivity index (χ1v) is 6.72. The van der Waals surface area contributed by atoms with Crippen molar-refractivity contribution >= 4 is 5.97 Å². The van der Waals surface area contributed by atoms with Crippen LogP contribution in [0.1, 0.15) is 12.0 Å². The molecule has 0 aliphatic heterocycles. The van der Waals surface area contributed by atoms with Gasteiger partial charge in [-0.25, -0.2) is 4.68 Å². The molecule has 0 saturated carbocycles. The first kappa shape index (κ1) is 13.9. The van der Waals surface area contributed by atoms with Crippen LogP contribution in [0.25, 0.3) is 5.69 Å². The highest BCUT2D eigenvalue weighted by Crippen LogP contribution is 2.15. The number of benzene rings is 1. The SMILES string of the molecule is Cn1cc(CCC(=O)Oc2ccc(-n3cnnn3)cc2)cn1. The van der Waals surface area contributed by atoms with Crippen LogP contribution in [0.15, 0.2) is 43.0 Å². The van der Waals surface area contributed by atoms with Crippen molar-refractivity contribution in [2.75, 3.05) is 0 Å². The molecule has 0 bridgehead atoms. The Balaban J connectivity index is 1.55. The fraction of sp³-hybridized carbons (Fsp3) is 0.214. The summed E-state index contributed by atoms with van der Waals surface area (Å²) in [6.45, 7) is 0. The van der Waals surface area contributed by atoms with Crippen LogP contribution < -0.4 is 4.74 Å². The van der Waals surface area contributed by atoms with Crippen LogP contribution in [0.3, 0.4) is 0 Å². The van der Waals surface area contributed by atoms with Gasteiger partial charge in [-0.05, 0) is 46.7 Å². The Hall–Kier alpha value is -3.03. The molecule has 0 atom stereocenters. The number of rotatable bonds is 5. The second kappa shape index (κ2) is 6.17. The van der Waals surface area contributed by atoms with Gasteiger partial charge in [0, 0.05) is 13.2 Å². The number of esters is 1. The minimum absolute atomic E-state index is 0.279. The number of hydrogen-bond donors (Lipinski definition) is 0. The van der Waals surface area contributed by atoms with E-state index in [9.17, 15) is 4.79 Å². The van der Waals surface area contributed by atoms with Crippen molar-refractivity contribution in [1.29, 1.82) is 0 Å². The standard InChI is InChI=1S/C14H14N6O2/c1-19-9-11(8-16-19)2-7-14(21)22-13-5-3-12(4-6-13)20-10-15-17-18-20/h3-6,8-10H,2,7H2,1H3. The normalized spacial score (nSPS) is 10.6. The number of carbonyl (C=O) groups is 1. The van der Waals surface area contributed by atoms with Gasteiger partial charge in [-0.1, -0.05) is 0 Å². The fourth-order valence-corrected chi connectivity index (χ4v) is 1.98. The minimum atomic E-state index is -0.279. The number of carbonyl (C=O) groups excluding carboxylic acids is 1. The molecule has 1 aromatic carbocycles. The van der Waals surface area contributed by atoms with E-state index in [0.29, 0.717) is 18.6 Å². The summed E-state index contributed by atoms with van der Waals surface area (Å²) >= 11 is 0. The zero-order valence-electron chi connectivity index (χ0n) is 12.0. The van der Waals surface area contributed by atoms with Crippen LogP contribution in [0, 0.1) is 0 Å². The smallest absolute Gasteiger partial charge is 0.311 e. The van der Waals surface area contributed by atoms with E-state index in [1.165, 1.54) is 11.0 Å². The van der Waals surface area contributed by atoms with Gasteiger partial charge in [0.25, 0.3) is 0 Å². The second-order valence-electron chi connectivity index (χ2n) is 4.74. The third-order valence-corrected chi connectivity index (χ3v) is 3.06. The maximum atomic E-state index is 11.8. The fourth-order valence-electron chi connectivity index (χ4n) is 1.98. The summed E-state index contributed by atoms with van der Waals surface area (Å²) in [6.07, 6.45) is 6.03. The number of tetrazole rings is 1. The summed E-state index contributed by atoms with van der Waals surface area (Å²) in [7, 11) is 1.84. The summed E-state index contributed by atoms with van der Waals surface area (Å²) < 4.78 is 8.52. The molecule has 0 saturated heterocycles. The molecule has 0 N–H and O–H groups in total. The quantitative estimate of drug-likeness (QED) is 0.514. The molecule has 8 heteroatoms. The van der Waals surface area contributed by atoms with E-state index in [1.807, 2.05) is 13.2 Å². The number of aromatic nitrogens is 6. The lowest BCUT2D eigenvalue weighted by Gasteiger charge is -2.05. The summed E-state index contributed by atoms with van der Waals surface area (Å²) in [5.41, 5.74) is 1.80. The van der Waals surface area contributed by atoms with Gasteiger partial charge in [-0.3, -0.25) is 9.48 Å². The van der Waals surface area contributed by atoms with Gasteiger partial charge in [-0.2, -0.15) is 5.10 Å². The lowest BCUT2D eigenvalue weighted by Crippen LogP contribution is -2.09. The largest absolute Gasteiger partial charge is 0.427 e. The molecular formula is C14H14N6O2. The van der Waals surface area contributed by atoms with Crippen molar-refractivity contribution in [2.45, 2.75) is 12.8 Å². The van der Waals surface area contributed by atoms with Gasteiger partial charge in [0.1, 0.15) is 12.1 Å². The molecular weight excluding hydrogens is 284 g/mol. The van der Waals surface area contributed by atoms with Crippen molar-refractivity contribution in [3.05, 3.63) is 48.5 Å². The number of ether oxygens (including phenoxy) is 1. The number of hydrogen-bond acceptors (Lipinski definition) is 6. The Morgan fingerprint density at radius 2 is 2.09 bits per heavy atom. The van der Waals surface area contributed by atoms with Crippen molar-refractivity contribution in [3.63, 3.8) is 0 Å². The third kappa shape index (κ3) is 3.35. The molecule has 3 aromatic rings. The Kier molecular flexibility index (Phi) is 3.90. The topological polar surface area (TPSA) is 87.7 Å². The van der Waals surface area contributed by atoms with Gasteiger partial charge in [0.2, 0.25) is 0 Å². The molecule has 0 aliphatic rings. The van der Waals surface area contributed by atoms with Gasteiger partial charge in [0.05, 0.1) is 18.3 Å². The summed E-state index contributed by atoms with van der Waals surface area (Å²) in [4.78, 5) is 11.8. The van der Waals surface area contributed by atoms with Crippen molar-refractivity contribution in [2.24, 2.45) is 7.05 Å². The van der Waals surface area contributed by atoms with Gasteiger partial charge >= 0.3 is 5.97 Å². The Morgan fingerprint density at radius 1 is 1.27 bits per heavy atom. The average Bonchev–Trinajstić information content (AvgIpc) is 3.17. The van der Waals surface area contributed by atoms with Crippen molar-refractivity contribution in [3.8, 4) is 11.4 Å². The van der Waals surface area contributed by atoms with E-state index in [0.717, 1.165) is 11.3 Å². The Labute approximate surface area is 126 Å². The van der Waals surface area contributed by atoms with Gasteiger partial charge < -0.3 is 4.74 Å². The lowest BCUT2D eigenvalue weighted by atomic mass is 10.2. The van der Waals surface area contributed by atoms with Crippen molar-refractivity contribution in [1.82, 2.24) is 30.0 Å². The van der Waals surface area contributed by atoms with E-state index in [2.05, 4.69) is 20.6 Å². The lowest BCUT2D eigenvalue weighted by molar-refractivity contribution is -0.134. The van der Waals surface area contributed by atoms with Crippen molar-refractivity contribution < 1.29 is 9.53 Å². The molecule has 2 aromatic heterocycles. The molecule has 0 unspecified atom stereocenters. The third-order valence-electron chi connectivity index (χ3n) is 3.06. The van der Waals surface area contributed by atoms with E-state index < -0.39 is 0 Å². The van der Waals surface area contributed by atoms with Crippen LogP contribution in [0.2, 0.25) is 0 Å². The molecule has 0 amide bonds. The Morgan fingerprint density at radius 3 is 2.73 bits per heavy atom. The zero-order valence-corrected chi connectivity index (χ0v) is 12.0. The first-order chi connectivity index (χ1) is 10.7. The maximum Gasteiger partial charge on any atom is 0.311 e. The van der Waals surface area contributed by atoms with Crippen LogP contribution in [0.4, 0.5) is 0 Å². The highest BCUT2D eigenvalue weighted by molar-refractivity contribution is 5.72. The predicted octanol–water partition coefficient (Wildman–Crippen LogP) is 0.934. The van der Waals surface area contributed by atoms with Gasteiger partial charge in [-0.15, -0.1) is 5.10 Å². The van der Waals surface area contributed by atoms with Crippen LogP contribution in [-0.2, 0) is 18.3 Å². The molecule has 8 nitrogen and oxygen atoms in total. The van der Waals surface area contributed by atoms with E-state index in [4.69, 9.17) is 4.74 Å². The number of nitrogens with zero attached hydrogens (tertiary/aromatic N) is 6. The molecule has 0 fully saturated rings. The van der Waals surface area contributed by atoms with E-state index >= 15 is 0 Å². The van der Waals surface area contributed by atoms with Crippen LogP contribution >= 0.6 is 0 Å². The van der Waals surface area contributed by atoms with Gasteiger partial charge in [0.15, 0.2) is 0 Å². The molecule has 112 valence electrons. The monoisotopic (exact) mass is 298 g/mol. The molecule has 0 radical (unpaired) electrons. The van der Waals surface area contributed by atoms with E-state index in [1.54, 1.807) is 35.1 Å². The average molecular weight is 298 g/mol. The highest BCUT2D eigenvalue weighted by Gasteiger charge is 2.07. The van der Waals surface area contributed by atoms with E-state index in [-0.39, 0.29) is 5.97 Å². The maximum absolute atomic E-state index is 11.8. The molecule has 3 rings (SSSR count). The zero-order chi connectivity index (χ0) is 15.4. The second-order valence-corrected chi connectivity index (χ2v) is 4.74. The number of aryl methyl sites for hydroxylation is 2. The Bertz CT molecular complexity index is 748. The van der Waals surface area contributed by atoms with Crippen LogP contribution in [-0.4, -0.2) is 36.0 Å². The summed E-state index contributed by atoms with van der Waals surface area (Å²) in [5.74, 6) is 0.215. The predicted molar refractivity (Wildman–Crippen MR) is 76.3 cm³/mol. The summed E-state index contributed by atoms with van der Waals surface area (Å²) in [6, 6.07) is 6.97. The molecule has 0 aliphatic carbocycles.